The van der Waals surface area contributed by atoms with Gasteiger partial charge in [-0.1, -0.05) is 18.2 Å². The smallest absolute Gasteiger partial charge is 0.167 e. The van der Waals surface area contributed by atoms with Gasteiger partial charge in [0.2, 0.25) is 0 Å². The van der Waals surface area contributed by atoms with Crippen LogP contribution in [0.5, 0.6) is 11.5 Å². The SMILES string of the molecule is O=C(c1ccc(Oc2ccccc2)cc1)C1CCNC1. The topological polar surface area (TPSA) is 38.3 Å². The van der Waals surface area contributed by atoms with Crippen molar-refractivity contribution in [2.45, 2.75) is 6.42 Å². The van der Waals surface area contributed by atoms with Gasteiger partial charge in [0.05, 0.1) is 0 Å². The second-order valence-corrected chi connectivity index (χ2v) is 4.99. The van der Waals surface area contributed by atoms with Gasteiger partial charge in [0.25, 0.3) is 0 Å². The lowest BCUT2D eigenvalue weighted by atomic mass is 9.97. The van der Waals surface area contributed by atoms with E-state index in [2.05, 4.69) is 5.32 Å². The third-order valence-electron chi connectivity index (χ3n) is 3.55. The maximum absolute atomic E-state index is 12.2. The van der Waals surface area contributed by atoms with E-state index in [1.807, 2.05) is 54.6 Å². The van der Waals surface area contributed by atoms with Crippen molar-refractivity contribution in [1.29, 1.82) is 0 Å². The summed E-state index contributed by atoms with van der Waals surface area (Å²) in [6.45, 7) is 1.73. The van der Waals surface area contributed by atoms with Crippen molar-refractivity contribution in [3.05, 3.63) is 60.2 Å². The van der Waals surface area contributed by atoms with Crippen LogP contribution in [0.25, 0.3) is 0 Å². The normalized spacial score (nSPS) is 17.9. The number of Topliss-reactive ketones (excluding diaryl/α,β-unsaturated/α-hetero) is 1. The standard InChI is InChI=1S/C17H17NO2/c19-17(14-10-11-18-12-14)13-6-8-16(9-7-13)20-15-4-2-1-3-5-15/h1-9,14,18H,10-12H2. The molecule has 1 aliphatic heterocycles. The Hall–Kier alpha value is -2.13. The van der Waals surface area contributed by atoms with Gasteiger partial charge in [-0.2, -0.15) is 0 Å². The van der Waals surface area contributed by atoms with Crippen molar-refractivity contribution in [2.24, 2.45) is 5.92 Å². The molecule has 0 radical (unpaired) electrons. The summed E-state index contributed by atoms with van der Waals surface area (Å²) in [5.41, 5.74) is 0.763. The highest BCUT2D eigenvalue weighted by atomic mass is 16.5. The van der Waals surface area contributed by atoms with Crippen LogP contribution in [0.1, 0.15) is 16.8 Å². The van der Waals surface area contributed by atoms with E-state index in [1.54, 1.807) is 0 Å². The van der Waals surface area contributed by atoms with Crippen molar-refractivity contribution in [2.75, 3.05) is 13.1 Å². The average Bonchev–Trinajstić information content (AvgIpc) is 3.03. The zero-order valence-corrected chi connectivity index (χ0v) is 11.2. The summed E-state index contributed by atoms with van der Waals surface area (Å²) in [6, 6.07) is 17.0. The lowest BCUT2D eigenvalue weighted by Gasteiger charge is -2.09. The van der Waals surface area contributed by atoms with Gasteiger partial charge >= 0.3 is 0 Å². The van der Waals surface area contributed by atoms with Gasteiger partial charge in [-0.25, -0.2) is 0 Å². The number of ether oxygens (including phenoxy) is 1. The molecule has 0 aromatic heterocycles. The van der Waals surface area contributed by atoms with E-state index in [0.29, 0.717) is 0 Å². The van der Waals surface area contributed by atoms with E-state index < -0.39 is 0 Å². The molecule has 2 aromatic carbocycles. The van der Waals surface area contributed by atoms with Crippen molar-refractivity contribution in [3.63, 3.8) is 0 Å². The Morgan fingerprint density at radius 2 is 1.70 bits per heavy atom. The molecule has 0 bridgehead atoms. The lowest BCUT2D eigenvalue weighted by molar-refractivity contribution is 0.0930. The molecule has 0 aliphatic carbocycles. The second-order valence-electron chi connectivity index (χ2n) is 4.99. The summed E-state index contributed by atoms with van der Waals surface area (Å²) in [5, 5.41) is 3.22. The van der Waals surface area contributed by atoms with Gasteiger partial charge in [-0.15, -0.1) is 0 Å². The molecule has 1 heterocycles. The minimum atomic E-state index is 0.121. The van der Waals surface area contributed by atoms with Crippen LogP contribution in [0, 0.1) is 5.92 Å². The number of hydrogen-bond donors (Lipinski definition) is 1. The van der Waals surface area contributed by atoms with Crippen molar-refractivity contribution in [1.82, 2.24) is 5.32 Å². The molecule has 3 rings (SSSR count). The van der Waals surface area contributed by atoms with Crippen molar-refractivity contribution in [3.8, 4) is 11.5 Å². The summed E-state index contributed by atoms with van der Waals surface area (Å²) in [4.78, 5) is 12.2. The van der Waals surface area contributed by atoms with Gasteiger partial charge in [-0.3, -0.25) is 4.79 Å². The monoisotopic (exact) mass is 267 g/mol. The van der Waals surface area contributed by atoms with Crippen LogP contribution in [-0.2, 0) is 0 Å². The number of benzene rings is 2. The Morgan fingerprint density at radius 1 is 1.00 bits per heavy atom. The maximum atomic E-state index is 12.2. The third kappa shape index (κ3) is 2.89. The lowest BCUT2D eigenvalue weighted by Crippen LogP contribution is -2.17. The molecule has 1 N–H and O–H groups in total. The molecule has 1 fully saturated rings. The molecule has 1 unspecified atom stereocenters. The average molecular weight is 267 g/mol. The van der Waals surface area contributed by atoms with Gasteiger partial charge in [0.15, 0.2) is 5.78 Å². The number of carbonyl (C=O) groups excluding carboxylic acids is 1. The fraction of sp³-hybridized carbons (Fsp3) is 0.235. The van der Waals surface area contributed by atoms with E-state index in [0.717, 1.165) is 36.6 Å². The quantitative estimate of drug-likeness (QED) is 0.864. The van der Waals surface area contributed by atoms with E-state index in [4.69, 9.17) is 4.74 Å². The first-order valence-corrected chi connectivity index (χ1v) is 6.91. The van der Waals surface area contributed by atoms with Crippen LogP contribution in [-0.4, -0.2) is 18.9 Å². The largest absolute Gasteiger partial charge is 0.457 e. The molecule has 2 aromatic rings. The molecule has 20 heavy (non-hydrogen) atoms. The summed E-state index contributed by atoms with van der Waals surface area (Å²) >= 11 is 0. The molecule has 0 spiro atoms. The number of ketones is 1. The Balaban J connectivity index is 1.69. The third-order valence-corrected chi connectivity index (χ3v) is 3.55. The maximum Gasteiger partial charge on any atom is 0.167 e. The number of rotatable bonds is 4. The summed E-state index contributed by atoms with van der Waals surface area (Å²) in [5.74, 6) is 1.89. The molecule has 1 saturated heterocycles. The van der Waals surface area contributed by atoms with Crippen LogP contribution >= 0.6 is 0 Å². The van der Waals surface area contributed by atoms with Crippen LogP contribution in [0.3, 0.4) is 0 Å². The van der Waals surface area contributed by atoms with Crippen LogP contribution in [0.4, 0.5) is 0 Å². The number of carbonyl (C=O) groups is 1. The predicted molar refractivity (Wildman–Crippen MR) is 78.3 cm³/mol. The highest BCUT2D eigenvalue weighted by Gasteiger charge is 2.23. The molecule has 0 amide bonds. The fourth-order valence-electron chi connectivity index (χ4n) is 2.43. The van der Waals surface area contributed by atoms with Crippen LogP contribution in [0.15, 0.2) is 54.6 Å². The van der Waals surface area contributed by atoms with Crippen molar-refractivity contribution >= 4 is 5.78 Å². The highest BCUT2D eigenvalue weighted by Crippen LogP contribution is 2.23. The van der Waals surface area contributed by atoms with Crippen molar-refractivity contribution < 1.29 is 9.53 Å². The molecule has 1 atom stereocenters. The molecule has 102 valence electrons. The molecule has 3 nitrogen and oxygen atoms in total. The van der Waals surface area contributed by atoms with E-state index >= 15 is 0 Å². The minimum absolute atomic E-state index is 0.121. The van der Waals surface area contributed by atoms with Gasteiger partial charge in [0, 0.05) is 18.0 Å². The Morgan fingerprint density at radius 3 is 2.35 bits per heavy atom. The predicted octanol–water partition coefficient (Wildman–Crippen LogP) is 3.27. The first-order valence-electron chi connectivity index (χ1n) is 6.91. The summed E-state index contributed by atoms with van der Waals surface area (Å²) < 4.78 is 5.71. The van der Waals surface area contributed by atoms with Gasteiger partial charge < -0.3 is 10.1 Å². The molecule has 0 saturated carbocycles. The first kappa shape index (κ1) is 12.9. The van der Waals surface area contributed by atoms with E-state index in [1.165, 1.54) is 0 Å². The Bertz CT molecular complexity index is 572. The highest BCUT2D eigenvalue weighted by molar-refractivity contribution is 5.98. The molecule has 1 aliphatic rings. The number of nitrogens with one attached hydrogen (secondary N) is 1. The van der Waals surface area contributed by atoms with Gasteiger partial charge in [-0.05, 0) is 49.4 Å². The summed E-state index contributed by atoms with van der Waals surface area (Å²) in [6.07, 6.45) is 0.932. The Kier molecular flexibility index (Phi) is 3.79. The molecular weight excluding hydrogens is 250 g/mol. The Labute approximate surface area is 118 Å². The minimum Gasteiger partial charge on any atom is -0.457 e. The fourth-order valence-corrected chi connectivity index (χ4v) is 2.43. The number of para-hydroxylation sites is 1. The van der Waals surface area contributed by atoms with E-state index in [-0.39, 0.29) is 11.7 Å². The van der Waals surface area contributed by atoms with E-state index in [9.17, 15) is 4.79 Å². The summed E-state index contributed by atoms with van der Waals surface area (Å²) in [7, 11) is 0. The second kappa shape index (κ2) is 5.88. The first-order chi connectivity index (χ1) is 9.83. The van der Waals surface area contributed by atoms with Crippen LogP contribution < -0.4 is 10.1 Å². The number of hydrogen-bond acceptors (Lipinski definition) is 3. The molecular formula is C17H17NO2. The van der Waals surface area contributed by atoms with Gasteiger partial charge in [0.1, 0.15) is 11.5 Å². The zero-order chi connectivity index (χ0) is 13.8. The molecule has 3 heteroatoms. The zero-order valence-electron chi connectivity index (χ0n) is 11.2. The van der Waals surface area contributed by atoms with Crippen LogP contribution in [0.2, 0.25) is 0 Å².